The summed E-state index contributed by atoms with van der Waals surface area (Å²) in [7, 11) is 1.60. The van der Waals surface area contributed by atoms with Crippen LogP contribution in [0.5, 0.6) is 0 Å². The predicted octanol–water partition coefficient (Wildman–Crippen LogP) is -0.278. The van der Waals surface area contributed by atoms with E-state index in [9.17, 15) is 4.79 Å². The highest BCUT2D eigenvalue weighted by molar-refractivity contribution is 5.97. The van der Waals surface area contributed by atoms with Crippen molar-refractivity contribution < 1.29 is 10.0 Å². The fourth-order valence-corrected chi connectivity index (χ4v) is 2.58. The fraction of sp³-hybridized carbons (Fsp3) is 0.308. The van der Waals surface area contributed by atoms with E-state index < -0.39 is 0 Å². The first-order valence-electron chi connectivity index (χ1n) is 6.74. The summed E-state index contributed by atoms with van der Waals surface area (Å²) in [5.74, 6) is -0.241. The lowest BCUT2D eigenvalue weighted by Crippen LogP contribution is -2.28. The van der Waals surface area contributed by atoms with Gasteiger partial charge in [0.1, 0.15) is 0 Å². The molecule has 1 amide bonds. The Balaban J connectivity index is 1.78. The first kappa shape index (κ1) is 14.0. The first-order valence-corrected chi connectivity index (χ1v) is 6.74. The zero-order chi connectivity index (χ0) is 15.7. The van der Waals surface area contributed by atoms with Crippen molar-refractivity contribution in [1.29, 1.82) is 0 Å². The molecule has 0 fully saturated rings. The van der Waals surface area contributed by atoms with Gasteiger partial charge in [0.2, 0.25) is 0 Å². The van der Waals surface area contributed by atoms with E-state index in [0.29, 0.717) is 5.56 Å². The van der Waals surface area contributed by atoms with Crippen molar-refractivity contribution >= 4 is 11.7 Å². The molecule has 1 aliphatic rings. The molecule has 1 heterocycles. The molecule has 4 N–H and O–H groups in total. The van der Waals surface area contributed by atoms with E-state index in [1.165, 1.54) is 4.80 Å². The highest BCUT2D eigenvalue weighted by atomic mass is 16.4. The van der Waals surface area contributed by atoms with E-state index in [2.05, 4.69) is 25.9 Å². The molecule has 2 aromatic rings. The fourth-order valence-electron chi connectivity index (χ4n) is 2.58. The summed E-state index contributed by atoms with van der Waals surface area (Å²) in [5.41, 5.74) is 8.33. The largest absolute Gasteiger partial charge is 0.409 e. The minimum absolute atomic E-state index is 0.0456. The van der Waals surface area contributed by atoms with Crippen LogP contribution in [0.2, 0.25) is 0 Å². The minimum Gasteiger partial charge on any atom is -0.409 e. The molecular formula is C13H15N7O2. The summed E-state index contributed by atoms with van der Waals surface area (Å²) in [6.45, 7) is 0. The number of nitrogens with two attached hydrogens (primary N) is 1. The van der Waals surface area contributed by atoms with Crippen LogP contribution < -0.4 is 11.1 Å². The Bertz CT molecular complexity index is 753. The summed E-state index contributed by atoms with van der Waals surface area (Å²) in [4.78, 5) is 13.3. The summed E-state index contributed by atoms with van der Waals surface area (Å²) in [5, 5.41) is 25.8. The van der Waals surface area contributed by atoms with Crippen molar-refractivity contribution in [2.24, 2.45) is 17.9 Å². The third-order valence-corrected chi connectivity index (χ3v) is 3.64. The Morgan fingerprint density at radius 3 is 3.05 bits per heavy atom. The average molecular weight is 301 g/mol. The molecule has 1 aliphatic carbocycles. The van der Waals surface area contributed by atoms with Gasteiger partial charge in [-0.05, 0) is 35.2 Å². The van der Waals surface area contributed by atoms with E-state index in [4.69, 9.17) is 10.9 Å². The third-order valence-electron chi connectivity index (χ3n) is 3.64. The Morgan fingerprint density at radius 2 is 2.36 bits per heavy atom. The molecule has 0 saturated heterocycles. The number of nitrogens with one attached hydrogen (secondary N) is 1. The number of oxime groups is 1. The second-order valence-electron chi connectivity index (χ2n) is 5.07. The Hall–Kier alpha value is -2.97. The standard InChI is InChI=1S/C13H15N7O2/c1-20-17-12(16-19-20)13(21)15-10-5-3-7-6-8(11(14)18-22)2-4-9(7)10/h2,4,6,10,22H,3,5H2,1H3,(H2,14,18)(H,15,21)/t10-/m1/s1. The van der Waals surface area contributed by atoms with Crippen LogP contribution in [0.3, 0.4) is 0 Å². The van der Waals surface area contributed by atoms with Crippen molar-refractivity contribution in [3.05, 3.63) is 40.7 Å². The predicted molar refractivity (Wildman–Crippen MR) is 76.3 cm³/mol. The van der Waals surface area contributed by atoms with Gasteiger partial charge in [0.15, 0.2) is 5.84 Å². The van der Waals surface area contributed by atoms with Crippen molar-refractivity contribution in [3.8, 4) is 0 Å². The van der Waals surface area contributed by atoms with Crippen LogP contribution in [0, 0.1) is 0 Å². The van der Waals surface area contributed by atoms with Gasteiger partial charge in [0, 0.05) is 5.56 Å². The Morgan fingerprint density at radius 1 is 1.55 bits per heavy atom. The number of aromatic nitrogens is 4. The van der Waals surface area contributed by atoms with E-state index in [1.807, 2.05) is 12.1 Å². The van der Waals surface area contributed by atoms with Crippen LogP contribution >= 0.6 is 0 Å². The van der Waals surface area contributed by atoms with Crippen molar-refractivity contribution in [3.63, 3.8) is 0 Å². The lowest BCUT2D eigenvalue weighted by atomic mass is 10.0. The van der Waals surface area contributed by atoms with Gasteiger partial charge in [-0.25, -0.2) is 0 Å². The molecule has 3 rings (SSSR count). The maximum atomic E-state index is 12.1. The van der Waals surface area contributed by atoms with Crippen LogP contribution in [-0.2, 0) is 13.5 Å². The molecule has 0 unspecified atom stereocenters. The van der Waals surface area contributed by atoms with E-state index in [-0.39, 0.29) is 23.6 Å². The molecule has 0 saturated carbocycles. The van der Waals surface area contributed by atoms with Gasteiger partial charge in [0.25, 0.3) is 11.7 Å². The van der Waals surface area contributed by atoms with Gasteiger partial charge in [-0.1, -0.05) is 17.3 Å². The molecule has 114 valence electrons. The number of carbonyl (C=O) groups excluding carboxylic acids is 1. The van der Waals surface area contributed by atoms with Gasteiger partial charge < -0.3 is 16.3 Å². The van der Waals surface area contributed by atoms with Crippen LogP contribution in [0.25, 0.3) is 0 Å². The topological polar surface area (TPSA) is 131 Å². The summed E-state index contributed by atoms with van der Waals surface area (Å²) < 4.78 is 0. The normalized spacial score (nSPS) is 17.3. The number of amidine groups is 1. The van der Waals surface area contributed by atoms with Crippen molar-refractivity contribution in [1.82, 2.24) is 25.5 Å². The number of hydrogen-bond acceptors (Lipinski definition) is 6. The molecule has 1 atom stereocenters. The van der Waals surface area contributed by atoms with Crippen LogP contribution in [0.4, 0.5) is 0 Å². The molecule has 9 heteroatoms. The zero-order valence-electron chi connectivity index (χ0n) is 11.9. The van der Waals surface area contributed by atoms with Gasteiger partial charge in [-0.3, -0.25) is 4.79 Å². The van der Waals surface area contributed by atoms with Gasteiger partial charge in [-0.15, -0.1) is 10.2 Å². The highest BCUT2D eigenvalue weighted by Crippen LogP contribution is 2.31. The smallest absolute Gasteiger partial charge is 0.293 e. The van der Waals surface area contributed by atoms with Crippen molar-refractivity contribution in [2.45, 2.75) is 18.9 Å². The molecule has 0 spiro atoms. The maximum Gasteiger partial charge on any atom is 0.293 e. The van der Waals surface area contributed by atoms with Gasteiger partial charge in [-0.2, -0.15) is 4.80 Å². The number of amides is 1. The number of fused-ring (bicyclic) bond motifs is 1. The molecule has 0 aliphatic heterocycles. The zero-order valence-corrected chi connectivity index (χ0v) is 11.9. The van der Waals surface area contributed by atoms with E-state index >= 15 is 0 Å². The highest BCUT2D eigenvalue weighted by Gasteiger charge is 2.26. The first-order chi connectivity index (χ1) is 10.6. The number of rotatable bonds is 3. The molecule has 22 heavy (non-hydrogen) atoms. The second kappa shape index (κ2) is 5.43. The molecular weight excluding hydrogens is 286 g/mol. The Labute approximate surface area is 125 Å². The average Bonchev–Trinajstić information content (AvgIpc) is 3.12. The van der Waals surface area contributed by atoms with Crippen LogP contribution in [0.15, 0.2) is 23.4 Å². The van der Waals surface area contributed by atoms with E-state index in [0.717, 1.165) is 24.0 Å². The number of carbonyl (C=O) groups is 1. The van der Waals surface area contributed by atoms with Gasteiger partial charge >= 0.3 is 0 Å². The maximum absolute atomic E-state index is 12.1. The number of benzene rings is 1. The lowest BCUT2D eigenvalue weighted by molar-refractivity contribution is 0.0926. The van der Waals surface area contributed by atoms with Crippen LogP contribution in [0.1, 0.15) is 39.8 Å². The summed E-state index contributed by atoms with van der Waals surface area (Å²) in [6.07, 6.45) is 1.59. The van der Waals surface area contributed by atoms with Gasteiger partial charge in [0.05, 0.1) is 13.1 Å². The lowest BCUT2D eigenvalue weighted by Gasteiger charge is -2.13. The summed E-state index contributed by atoms with van der Waals surface area (Å²) >= 11 is 0. The van der Waals surface area contributed by atoms with E-state index in [1.54, 1.807) is 13.1 Å². The quantitative estimate of drug-likeness (QED) is 0.309. The third kappa shape index (κ3) is 2.48. The SMILES string of the molecule is Cn1nnc(C(=O)N[C@@H]2CCc3cc(/C(N)=N/O)ccc32)n1. The molecule has 0 radical (unpaired) electrons. The van der Waals surface area contributed by atoms with Crippen molar-refractivity contribution in [2.75, 3.05) is 0 Å². The molecule has 1 aromatic heterocycles. The van der Waals surface area contributed by atoms with Crippen LogP contribution in [-0.4, -0.2) is 37.2 Å². The number of hydrogen-bond donors (Lipinski definition) is 3. The number of aryl methyl sites for hydroxylation is 2. The molecule has 9 nitrogen and oxygen atoms in total. The molecule has 1 aromatic carbocycles. The Kier molecular flexibility index (Phi) is 3.45. The second-order valence-corrected chi connectivity index (χ2v) is 5.07. The summed E-state index contributed by atoms with van der Waals surface area (Å²) in [6, 6.07) is 5.41. The molecule has 0 bridgehead atoms. The monoisotopic (exact) mass is 301 g/mol. The number of tetrazole rings is 1. The number of nitrogens with zero attached hydrogens (tertiary/aromatic N) is 5. The minimum atomic E-state index is -0.355.